The molecule has 0 saturated heterocycles. The summed E-state index contributed by atoms with van der Waals surface area (Å²) in [6, 6.07) is 2.45. The summed E-state index contributed by atoms with van der Waals surface area (Å²) in [5.74, 6) is 5.10. The van der Waals surface area contributed by atoms with Crippen molar-refractivity contribution >= 4 is 11.4 Å². The molecule has 0 radical (unpaired) electrons. The average molecular weight is 193 g/mol. The molecule has 0 aliphatic heterocycles. The Hall–Kier alpha value is -1.73. The van der Waals surface area contributed by atoms with E-state index in [2.05, 4.69) is 17.2 Å². The molecule has 1 rings (SSSR count). The first kappa shape index (κ1) is 10.4. The highest BCUT2D eigenvalue weighted by molar-refractivity contribution is 5.71. The minimum atomic E-state index is -0.426. The van der Waals surface area contributed by atoms with Crippen molar-refractivity contribution < 1.29 is 4.39 Å². The Kier molecular flexibility index (Phi) is 3.32. The van der Waals surface area contributed by atoms with E-state index >= 15 is 0 Å². The van der Waals surface area contributed by atoms with E-state index < -0.39 is 5.82 Å². The molecule has 0 atom stereocenters. The molecule has 1 aromatic rings. The summed E-state index contributed by atoms with van der Waals surface area (Å²) in [5.41, 5.74) is 12.1. The molecule has 3 nitrogen and oxygen atoms in total. The van der Waals surface area contributed by atoms with Crippen LogP contribution >= 0.6 is 0 Å². The number of anilines is 2. The van der Waals surface area contributed by atoms with E-state index in [0.717, 1.165) is 0 Å². The number of benzene rings is 1. The molecule has 0 amide bonds. The Morgan fingerprint density at radius 1 is 1.43 bits per heavy atom. The topological polar surface area (TPSA) is 64.1 Å². The summed E-state index contributed by atoms with van der Waals surface area (Å²) in [4.78, 5) is 0. The molecule has 74 valence electrons. The van der Waals surface area contributed by atoms with Crippen molar-refractivity contribution in [2.24, 2.45) is 0 Å². The van der Waals surface area contributed by atoms with E-state index in [1.54, 1.807) is 7.05 Å². The van der Waals surface area contributed by atoms with Gasteiger partial charge < -0.3 is 16.8 Å². The molecule has 1 aromatic carbocycles. The van der Waals surface area contributed by atoms with Crippen LogP contribution < -0.4 is 16.8 Å². The Bertz CT molecular complexity index is 390. The first-order valence-electron chi connectivity index (χ1n) is 4.13. The summed E-state index contributed by atoms with van der Waals surface area (Å²) < 4.78 is 12.9. The van der Waals surface area contributed by atoms with Crippen LogP contribution in [-0.4, -0.2) is 13.6 Å². The molecule has 0 aliphatic rings. The highest BCUT2D eigenvalue weighted by Crippen LogP contribution is 2.20. The van der Waals surface area contributed by atoms with Gasteiger partial charge in [-0.2, -0.15) is 0 Å². The van der Waals surface area contributed by atoms with E-state index in [1.807, 2.05) is 0 Å². The van der Waals surface area contributed by atoms with Gasteiger partial charge in [0.1, 0.15) is 5.82 Å². The molecule has 0 aromatic heterocycles. The minimum absolute atomic E-state index is 0.221. The average Bonchev–Trinajstić information content (AvgIpc) is 2.13. The van der Waals surface area contributed by atoms with Gasteiger partial charge >= 0.3 is 0 Å². The minimum Gasteiger partial charge on any atom is -0.397 e. The van der Waals surface area contributed by atoms with Crippen LogP contribution in [0, 0.1) is 17.7 Å². The highest BCUT2D eigenvalue weighted by atomic mass is 19.1. The van der Waals surface area contributed by atoms with E-state index in [0.29, 0.717) is 17.8 Å². The molecule has 0 heterocycles. The highest BCUT2D eigenvalue weighted by Gasteiger charge is 2.02. The second kappa shape index (κ2) is 4.49. The maximum Gasteiger partial charge on any atom is 0.126 e. The van der Waals surface area contributed by atoms with Gasteiger partial charge in [0.25, 0.3) is 0 Å². The van der Waals surface area contributed by atoms with Gasteiger partial charge in [0.2, 0.25) is 0 Å². The largest absolute Gasteiger partial charge is 0.397 e. The molecule has 0 aliphatic carbocycles. The Morgan fingerprint density at radius 2 is 2.14 bits per heavy atom. The number of nitrogens with two attached hydrogens (primary N) is 2. The van der Waals surface area contributed by atoms with Gasteiger partial charge in [-0.05, 0) is 19.2 Å². The monoisotopic (exact) mass is 193 g/mol. The summed E-state index contributed by atoms with van der Waals surface area (Å²) in [6.45, 7) is 0.524. The number of halogens is 1. The zero-order valence-electron chi connectivity index (χ0n) is 7.89. The van der Waals surface area contributed by atoms with Gasteiger partial charge in [0, 0.05) is 0 Å². The van der Waals surface area contributed by atoms with E-state index in [9.17, 15) is 4.39 Å². The molecule has 0 bridgehead atoms. The number of hydrogen-bond donors (Lipinski definition) is 3. The predicted molar refractivity (Wildman–Crippen MR) is 56.0 cm³/mol. The third kappa shape index (κ3) is 2.38. The SMILES string of the molecule is CNCC#Cc1cc(F)cc(N)c1N. The van der Waals surface area contributed by atoms with Crippen molar-refractivity contribution in [3.63, 3.8) is 0 Å². The fourth-order valence-corrected chi connectivity index (χ4v) is 0.970. The lowest BCUT2D eigenvalue weighted by Crippen LogP contribution is -2.05. The smallest absolute Gasteiger partial charge is 0.126 e. The van der Waals surface area contributed by atoms with Crippen molar-refractivity contribution in [3.8, 4) is 11.8 Å². The Balaban J connectivity index is 3.04. The van der Waals surface area contributed by atoms with Crippen LogP contribution in [0.5, 0.6) is 0 Å². The van der Waals surface area contributed by atoms with Gasteiger partial charge in [0.05, 0.1) is 23.5 Å². The lowest BCUT2D eigenvalue weighted by molar-refractivity contribution is 0.628. The number of nitrogen functional groups attached to an aromatic ring is 2. The van der Waals surface area contributed by atoms with Crippen LogP contribution in [0.4, 0.5) is 15.8 Å². The maximum absolute atomic E-state index is 12.9. The van der Waals surface area contributed by atoms with E-state index in [4.69, 9.17) is 11.5 Å². The Morgan fingerprint density at radius 3 is 2.79 bits per heavy atom. The second-order valence-electron chi connectivity index (χ2n) is 2.79. The van der Waals surface area contributed by atoms with Crippen LogP contribution in [0.1, 0.15) is 5.56 Å². The van der Waals surface area contributed by atoms with Crippen LogP contribution in [-0.2, 0) is 0 Å². The van der Waals surface area contributed by atoms with Gasteiger partial charge in [-0.3, -0.25) is 0 Å². The molecule has 4 heteroatoms. The molecule has 0 spiro atoms. The Labute approximate surface area is 82.3 Å². The van der Waals surface area contributed by atoms with Gasteiger partial charge in [-0.15, -0.1) is 0 Å². The zero-order valence-corrected chi connectivity index (χ0v) is 7.89. The van der Waals surface area contributed by atoms with Crippen molar-refractivity contribution in [2.45, 2.75) is 0 Å². The van der Waals surface area contributed by atoms with Gasteiger partial charge in [-0.25, -0.2) is 4.39 Å². The van der Waals surface area contributed by atoms with Crippen molar-refractivity contribution in [1.82, 2.24) is 5.32 Å². The summed E-state index contributed by atoms with van der Waals surface area (Å²) in [5, 5.41) is 2.85. The van der Waals surface area contributed by atoms with E-state index in [-0.39, 0.29) is 5.69 Å². The molecule has 0 saturated carbocycles. The molecule has 14 heavy (non-hydrogen) atoms. The van der Waals surface area contributed by atoms with Crippen molar-refractivity contribution in [1.29, 1.82) is 0 Å². The zero-order chi connectivity index (χ0) is 10.6. The molecular weight excluding hydrogens is 181 g/mol. The van der Waals surface area contributed by atoms with Crippen LogP contribution in [0.3, 0.4) is 0 Å². The number of nitrogens with one attached hydrogen (secondary N) is 1. The fourth-order valence-electron chi connectivity index (χ4n) is 0.970. The standard InChI is InChI=1S/C10H12FN3/c1-14-4-2-3-7-5-8(11)6-9(12)10(7)13/h5-6,14H,4,12-13H2,1H3. The van der Waals surface area contributed by atoms with Gasteiger partial charge in [0.15, 0.2) is 0 Å². The normalized spacial score (nSPS) is 9.29. The summed E-state index contributed by atoms with van der Waals surface area (Å²) >= 11 is 0. The van der Waals surface area contributed by atoms with E-state index in [1.165, 1.54) is 12.1 Å². The third-order valence-electron chi connectivity index (χ3n) is 1.67. The number of hydrogen-bond acceptors (Lipinski definition) is 3. The predicted octanol–water partition coefficient (Wildman–Crippen LogP) is 0.561. The summed E-state index contributed by atoms with van der Waals surface area (Å²) in [7, 11) is 1.78. The van der Waals surface area contributed by atoms with Crippen LogP contribution in [0.2, 0.25) is 0 Å². The van der Waals surface area contributed by atoms with Crippen molar-refractivity contribution in [2.75, 3.05) is 25.1 Å². The number of rotatable bonds is 1. The third-order valence-corrected chi connectivity index (χ3v) is 1.67. The summed E-state index contributed by atoms with van der Waals surface area (Å²) in [6.07, 6.45) is 0. The lowest BCUT2D eigenvalue weighted by Gasteiger charge is -2.02. The first-order valence-corrected chi connectivity index (χ1v) is 4.13. The molecule has 5 N–H and O–H groups in total. The lowest BCUT2D eigenvalue weighted by atomic mass is 10.1. The van der Waals surface area contributed by atoms with Crippen LogP contribution in [0.15, 0.2) is 12.1 Å². The quantitative estimate of drug-likeness (QED) is 0.451. The molecular formula is C10H12FN3. The van der Waals surface area contributed by atoms with Crippen LogP contribution in [0.25, 0.3) is 0 Å². The first-order chi connectivity index (χ1) is 6.65. The fraction of sp³-hybridized carbons (Fsp3) is 0.200. The molecule has 0 fully saturated rings. The van der Waals surface area contributed by atoms with Crippen molar-refractivity contribution in [3.05, 3.63) is 23.5 Å². The van der Waals surface area contributed by atoms with Gasteiger partial charge in [-0.1, -0.05) is 11.8 Å². The maximum atomic E-state index is 12.9. The molecule has 0 unspecified atom stereocenters. The second-order valence-corrected chi connectivity index (χ2v) is 2.79.